The molecule has 3 rings (SSSR count). The van der Waals surface area contributed by atoms with Crippen LogP contribution in [0.1, 0.15) is 5.69 Å². The van der Waals surface area contributed by atoms with Crippen molar-refractivity contribution in [2.24, 2.45) is 0 Å². The molecular weight excluding hydrogens is 398 g/mol. The van der Waals surface area contributed by atoms with Crippen LogP contribution in [0.25, 0.3) is 0 Å². The molecule has 0 unspecified atom stereocenters. The SMILES string of the molecule is COc1ccc(Nc2cc(C)nc(NCCNS(=O)(=O)c3cccs3)n2)cc1. The first-order chi connectivity index (χ1) is 13.5. The van der Waals surface area contributed by atoms with Crippen LogP contribution < -0.4 is 20.1 Å². The topological polar surface area (TPSA) is 105 Å². The maximum atomic E-state index is 12.1. The second-order valence-electron chi connectivity index (χ2n) is 5.83. The minimum Gasteiger partial charge on any atom is -0.497 e. The molecule has 0 aliphatic heterocycles. The largest absolute Gasteiger partial charge is 0.497 e. The summed E-state index contributed by atoms with van der Waals surface area (Å²) >= 11 is 1.18. The third-order valence-electron chi connectivity index (χ3n) is 3.68. The average Bonchev–Trinajstić information content (AvgIpc) is 3.21. The minimum absolute atomic E-state index is 0.221. The van der Waals surface area contributed by atoms with Gasteiger partial charge in [0.25, 0.3) is 0 Å². The highest BCUT2D eigenvalue weighted by atomic mass is 32.2. The fourth-order valence-corrected chi connectivity index (χ4v) is 4.45. The molecular formula is C18H21N5O3S2. The van der Waals surface area contributed by atoms with E-state index in [0.29, 0.717) is 22.5 Å². The summed E-state index contributed by atoms with van der Waals surface area (Å²) in [5.74, 6) is 1.84. The Balaban J connectivity index is 1.57. The smallest absolute Gasteiger partial charge is 0.250 e. The molecule has 8 nitrogen and oxygen atoms in total. The molecule has 2 heterocycles. The van der Waals surface area contributed by atoms with E-state index in [1.165, 1.54) is 11.3 Å². The molecule has 0 saturated carbocycles. The lowest BCUT2D eigenvalue weighted by Gasteiger charge is -2.11. The molecule has 0 atom stereocenters. The number of nitrogens with one attached hydrogen (secondary N) is 3. The second-order valence-corrected chi connectivity index (χ2v) is 8.77. The van der Waals surface area contributed by atoms with Gasteiger partial charge in [-0.2, -0.15) is 4.98 Å². The van der Waals surface area contributed by atoms with Gasteiger partial charge in [0, 0.05) is 30.5 Å². The maximum absolute atomic E-state index is 12.1. The summed E-state index contributed by atoms with van der Waals surface area (Å²) in [4.78, 5) is 8.74. The molecule has 3 aromatic rings. The van der Waals surface area contributed by atoms with Gasteiger partial charge in [0.1, 0.15) is 15.8 Å². The van der Waals surface area contributed by atoms with E-state index in [-0.39, 0.29) is 6.54 Å². The van der Waals surface area contributed by atoms with E-state index in [1.807, 2.05) is 37.3 Å². The summed E-state index contributed by atoms with van der Waals surface area (Å²) in [7, 11) is -1.85. The summed E-state index contributed by atoms with van der Waals surface area (Å²) in [6.07, 6.45) is 0. The number of anilines is 3. The monoisotopic (exact) mass is 419 g/mol. The number of rotatable bonds is 9. The van der Waals surface area contributed by atoms with Crippen molar-refractivity contribution in [3.8, 4) is 5.75 Å². The quantitative estimate of drug-likeness (QED) is 0.458. The molecule has 0 aliphatic rings. The number of aromatic nitrogens is 2. The molecule has 10 heteroatoms. The van der Waals surface area contributed by atoms with Crippen LogP contribution in [-0.4, -0.2) is 38.6 Å². The molecule has 0 bridgehead atoms. The van der Waals surface area contributed by atoms with E-state index in [0.717, 1.165) is 17.1 Å². The number of sulfonamides is 1. The Morgan fingerprint density at radius 1 is 1.11 bits per heavy atom. The van der Waals surface area contributed by atoms with Crippen molar-refractivity contribution < 1.29 is 13.2 Å². The lowest BCUT2D eigenvalue weighted by atomic mass is 10.3. The highest BCUT2D eigenvalue weighted by Crippen LogP contribution is 2.20. The summed E-state index contributed by atoms with van der Waals surface area (Å²) in [6.45, 7) is 2.44. The normalized spacial score (nSPS) is 11.2. The van der Waals surface area contributed by atoms with Gasteiger partial charge in [-0.05, 0) is 42.6 Å². The Morgan fingerprint density at radius 3 is 2.57 bits per heavy atom. The zero-order valence-electron chi connectivity index (χ0n) is 15.5. The van der Waals surface area contributed by atoms with Crippen LogP contribution in [0.3, 0.4) is 0 Å². The molecule has 0 radical (unpaired) electrons. The third-order valence-corrected chi connectivity index (χ3v) is 6.54. The number of thiophene rings is 1. The van der Waals surface area contributed by atoms with Crippen LogP contribution in [-0.2, 0) is 10.0 Å². The number of methoxy groups -OCH3 is 1. The van der Waals surface area contributed by atoms with Gasteiger partial charge < -0.3 is 15.4 Å². The van der Waals surface area contributed by atoms with Crippen molar-refractivity contribution in [3.05, 3.63) is 53.5 Å². The van der Waals surface area contributed by atoms with Gasteiger partial charge in [-0.25, -0.2) is 18.1 Å². The van der Waals surface area contributed by atoms with E-state index in [4.69, 9.17) is 4.74 Å². The molecule has 0 saturated heterocycles. The van der Waals surface area contributed by atoms with E-state index in [1.54, 1.807) is 24.6 Å². The number of hydrogen-bond acceptors (Lipinski definition) is 8. The Bertz CT molecular complexity index is 1010. The first-order valence-corrected chi connectivity index (χ1v) is 10.9. The van der Waals surface area contributed by atoms with Crippen molar-refractivity contribution >= 4 is 38.8 Å². The lowest BCUT2D eigenvalue weighted by molar-refractivity contribution is 0.415. The van der Waals surface area contributed by atoms with Crippen molar-refractivity contribution in [2.75, 3.05) is 30.8 Å². The molecule has 28 heavy (non-hydrogen) atoms. The van der Waals surface area contributed by atoms with Crippen LogP contribution in [0.4, 0.5) is 17.5 Å². The fraction of sp³-hybridized carbons (Fsp3) is 0.222. The number of hydrogen-bond donors (Lipinski definition) is 3. The molecule has 2 aromatic heterocycles. The van der Waals surface area contributed by atoms with E-state index < -0.39 is 10.0 Å². The standard InChI is InChI=1S/C18H21N5O3S2/c1-13-12-16(22-14-5-7-15(26-2)8-6-14)23-18(21-13)19-9-10-20-28(24,25)17-4-3-11-27-17/h3-8,11-12,20H,9-10H2,1-2H3,(H2,19,21,22,23). The van der Waals surface area contributed by atoms with Gasteiger partial charge in [0.2, 0.25) is 16.0 Å². The first kappa shape index (κ1) is 20.1. The molecule has 0 amide bonds. The molecule has 0 aliphatic carbocycles. The summed E-state index contributed by atoms with van der Waals surface area (Å²) in [6, 6.07) is 12.6. The number of benzene rings is 1. The number of ether oxygens (including phenoxy) is 1. The minimum atomic E-state index is -3.47. The van der Waals surface area contributed by atoms with Crippen LogP contribution in [0.5, 0.6) is 5.75 Å². The Labute approximate surface area is 168 Å². The van der Waals surface area contributed by atoms with Crippen LogP contribution in [0.2, 0.25) is 0 Å². The van der Waals surface area contributed by atoms with E-state index in [2.05, 4.69) is 25.3 Å². The zero-order chi connectivity index (χ0) is 20.0. The highest BCUT2D eigenvalue weighted by molar-refractivity contribution is 7.91. The first-order valence-electron chi connectivity index (χ1n) is 8.50. The van der Waals surface area contributed by atoms with Gasteiger partial charge >= 0.3 is 0 Å². The molecule has 148 valence electrons. The Morgan fingerprint density at radius 2 is 1.89 bits per heavy atom. The van der Waals surface area contributed by atoms with Gasteiger partial charge in [-0.3, -0.25) is 0 Å². The third kappa shape index (κ3) is 5.41. The van der Waals surface area contributed by atoms with Gasteiger partial charge in [-0.15, -0.1) is 11.3 Å². The van der Waals surface area contributed by atoms with E-state index >= 15 is 0 Å². The Kier molecular flexibility index (Phi) is 6.45. The summed E-state index contributed by atoms with van der Waals surface area (Å²) < 4.78 is 32.2. The van der Waals surface area contributed by atoms with Gasteiger partial charge in [-0.1, -0.05) is 6.07 Å². The van der Waals surface area contributed by atoms with Crippen molar-refractivity contribution in [1.29, 1.82) is 0 Å². The second kappa shape index (κ2) is 9.00. The molecule has 1 aromatic carbocycles. The van der Waals surface area contributed by atoms with Crippen LogP contribution in [0.15, 0.2) is 52.1 Å². The highest BCUT2D eigenvalue weighted by Gasteiger charge is 2.13. The van der Waals surface area contributed by atoms with Crippen LogP contribution >= 0.6 is 11.3 Å². The van der Waals surface area contributed by atoms with Crippen LogP contribution in [0, 0.1) is 6.92 Å². The van der Waals surface area contributed by atoms with Crippen molar-refractivity contribution in [2.45, 2.75) is 11.1 Å². The van der Waals surface area contributed by atoms with Gasteiger partial charge in [0.05, 0.1) is 7.11 Å². The predicted octanol–water partition coefficient (Wildman–Crippen LogP) is 2.99. The van der Waals surface area contributed by atoms with Gasteiger partial charge in [0.15, 0.2) is 0 Å². The van der Waals surface area contributed by atoms with Crippen molar-refractivity contribution in [1.82, 2.24) is 14.7 Å². The average molecular weight is 420 g/mol. The Hall–Kier alpha value is -2.69. The van der Waals surface area contributed by atoms with E-state index in [9.17, 15) is 8.42 Å². The summed E-state index contributed by atoms with van der Waals surface area (Å²) in [5.41, 5.74) is 1.65. The summed E-state index contributed by atoms with van der Waals surface area (Å²) in [5, 5.41) is 7.98. The molecule has 0 fully saturated rings. The molecule has 3 N–H and O–H groups in total. The zero-order valence-corrected chi connectivity index (χ0v) is 17.1. The fourth-order valence-electron chi connectivity index (χ4n) is 2.38. The maximum Gasteiger partial charge on any atom is 0.250 e. The lowest BCUT2D eigenvalue weighted by Crippen LogP contribution is -2.28. The number of nitrogens with zero attached hydrogens (tertiary/aromatic N) is 2. The predicted molar refractivity (Wildman–Crippen MR) is 111 cm³/mol. The molecule has 0 spiro atoms. The van der Waals surface area contributed by atoms with Crippen molar-refractivity contribution in [3.63, 3.8) is 0 Å². The number of aryl methyl sites for hydroxylation is 1.